The zero-order chi connectivity index (χ0) is 11.5. The molecule has 0 aliphatic heterocycles. The lowest BCUT2D eigenvalue weighted by atomic mass is 9.98. The molecular formula is C14H15ClS. The van der Waals surface area contributed by atoms with E-state index in [1.54, 1.807) is 11.3 Å². The molecule has 0 spiro atoms. The third-order valence-electron chi connectivity index (χ3n) is 2.82. The fourth-order valence-electron chi connectivity index (χ4n) is 2.03. The molecule has 1 unspecified atom stereocenters. The third-order valence-corrected chi connectivity index (χ3v) is 4.09. The van der Waals surface area contributed by atoms with E-state index in [9.17, 15) is 0 Å². The summed E-state index contributed by atoms with van der Waals surface area (Å²) >= 11 is 8.29. The number of thiophene rings is 1. The van der Waals surface area contributed by atoms with E-state index in [4.69, 9.17) is 11.6 Å². The van der Waals surface area contributed by atoms with E-state index in [1.165, 1.54) is 21.6 Å². The van der Waals surface area contributed by atoms with Crippen LogP contribution in [-0.2, 0) is 6.42 Å². The van der Waals surface area contributed by atoms with Gasteiger partial charge in [0.25, 0.3) is 0 Å². The summed E-state index contributed by atoms with van der Waals surface area (Å²) in [5.41, 5.74) is 3.87. The van der Waals surface area contributed by atoms with Crippen LogP contribution in [0.15, 0.2) is 35.7 Å². The zero-order valence-electron chi connectivity index (χ0n) is 9.53. The Bertz CT molecular complexity index is 439. The van der Waals surface area contributed by atoms with Gasteiger partial charge in [0.1, 0.15) is 0 Å². The highest BCUT2D eigenvalue weighted by Crippen LogP contribution is 2.31. The second-order valence-electron chi connectivity index (χ2n) is 4.06. The van der Waals surface area contributed by atoms with Crippen LogP contribution in [-0.4, -0.2) is 0 Å². The van der Waals surface area contributed by atoms with Crippen LogP contribution in [0.3, 0.4) is 0 Å². The van der Waals surface area contributed by atoms with Crippen LogP contribution in [0.1, 0.15) is 26.9 Å². The van der Waals surface area contributed by atoms with E-state index in [0.29, 0.717) is 0 Å². The van der Waals surface area contributed by atoms with Crippen LogP contribution < -0.4 is 0 Å². The molecule has 2 aromatic rings. The average Bonchev–Trinajstić information content (AvgIpc) is 2.70. The lowest BCUT2D eigenvalue weighted by Gasteiger charge is -2.14. The van der Waals surface area contributed by atoms with Gasteiger partial charge in [0.2, 0.25) is 0 Å². The molecule has 0 bridgehead atoms. The third kappa shape index (κ3) is 2.47. The van der Waals surface area contributed by atoms with Gasteiger partial charge in [-0.2, -0.15) is 0 Å². The van der Waals surface area contributed by atoms with Crippen LogP contribution in [0.4, 0.5) is 0 Å². The number of hydrogen-bond acceptors (Lipinski definition) is 1. The van der Waals surface area contributed by atoms with Crippen LogP contribution in [0.2, 0.25) is 0 Å². The summed E-state index contributed by atoms with van der Waals surface area (Å²) < 4.78 is 0. The quantitative estimate of drug-likeness (QED) is 0.681. The number of aryl methyl sites for hydroxylation is 2. The summed E-state index contributed by atoms with van der Waals surface area (Å²) in [6.07, 6.45) is 0.922. The van der Waals surface area contributed by atoms with Crippen molar-refractivity contribution in [1.82, 2.24) is 0 Å². The Labute approximate surface area is 106 Å². The largest absolute Gasteiger partial charge is 0.149 e. The Morgan fingerprint density at radius 1 is 1.12 bits per heavy atom. The Kier molecular flexibility index (Phi) is 3.67. The lowest BCUT2D eigenvalue weighted by molar-refractivity contribution is 0.915. The Morgan fingerprint density at radius 3 is 2.38 bits per heavy atom. The molecule has 0 aliphatic rings. The molecule has 1 aromatic heterocycles. The standard InChI is InChI=1S/C14H15ClS/c1-10-5-3-6-11(2)14(10)13(15)9-12-7-4-8-16-12/h3-8,13H,9H2,1-2H3. The molecular weight excluding hydrogens is 236 g/mol. The van der Waals surface area contributed by atoms with E-state index in [0.717, 1.165) is 6.42 Å². The van der Waals surface area contributed by atoms with Crippen molar-refractivity contribution in [2.24, 2.45) is 0 Å². The van der Waals surface area contributed by atoms with E-state index in [2.05, 4.69) is 49.6 Å². The van der Waals surface area contributed by atoms with Gasteiger partial charge >= 0.3 is 0 Å². The average molecular weight is 251 g/mol. The fraction of sp³-hybridized carbons (Fsp3) is 0.286. The molecule has 1 aromatic carbocycles. The molecule has 0 aliphatic carbocycles. The molecule has 0 nitrogen and oxygen atoms in total. The van der Waals surface area contributed by atoms with Crippen LogP contribution in [0.25, 0.3) is 0 Å². The van der Waals surface area contributed by atoms with Crippen molar-refractivity contribution in [2.45, 2.75) is 25.6 Å². The number of benzene rings is 1. The molecule has 1 atom stereocenters. The predicted octanol–water partition coefficient (Wildman–Crippen LogP) is 4.89. The van der Waals surface area contributed by atoms with Crippen molar-refractivity contribution < 1.29 is 0 Å². The highest BCUT2D eigenvalue weighted by molar-refractivity contribution is 7.09. The highest BCUT2D eigenvalue weighted by Gasteiger charge is 2.14. The first kappa shape index (κ1) is 11.7. The van der Waals surface area contributed by atoms with Crippen molar-refractivity contribution in [3.8, 4) is 0 Å². The summed E-state index contributed by atoms with van der Waals surface area (Å²) in [6, 6.07) is 10.6. The molecule has 0 saturated heterocycles. The summed E-state index contributed by atoms with van der Waals surface area (Å²) in [5.74, 6) is 0. The van der Waals surface area contributed by atoms with Crippen molar-refractivity contribution in [2.75, 3.05) is 0 Å². The van der Waals surface area contributed by atoms with Gasteiger partial charge in [-0.05, 0) is 42.0 Å². The fourth-order valence-corrected chi connectivity index (χ4v) is 3.38. The first-order chi connectivity index (χ1) is 7.68. The van der Waals surface area contributed by atoms with Gasteiger partial charge in [-0.1, -0.05) is 24.3 Å². The van der Waals surface area contributed by atoms with Gasteiger partial charge in [0.15, 0.2) is 0 Å². The van der Waals surface area contributed by atoms with Crippen molar-refractivity contribution in [1.29, 1.82) is 0 Å². The maximum absolute atomic E-state index is 6.51. The number of hydrogen-bond donors (Lipinski definition) is 0. The highest BCUT2D eigenvalue weighted by atomic mass is 35.5. The zero-order valence-corrected chi connectivity index (χ0v) is 11.1. The van der Waals surface area contributed by atoms with E-state index in [1.807, 2.05) is 0 Å². The van der Waals surface area contributed by atoms with Crippen LogP contribution in [0.5, 0.6) is 0 Å². The first-order valence-electron chi connectivity index (χ1n) is 5.41. The number of alkyl halides is 1. The van der Waals surface area contributed by atoms with E-state index < -0.39 is 0 Å². The predicted molar refractivity (Wildman–Crippen MR) is 72.5 cm³/mol. The second-order valence-corrected chi connectivity index (χ2v) is 5.62. The molecule has 0 saturated carbocycles. The van der Waals surface area contributed by atoms with E-state index in [-0.39, 0.29) is 5.38 Å². The molecule has 0 amide bonds. The first-order valence-corrected chi connectivity index (χ1v) is 6.72. The monoisotopic (exact) mass is 250 g/mol. The molecule has 0 radical (unpaired) electrons. The van der Waals surface area contributed by atoms with Crippen molar-refractivity contribution in [3.63, 3.8) is 0 Å². The van der Waals surface area contributed by atoms with Crippen molar-refractivity contribution in [3.05, 3.63) is 57.3 Å². The van der Waals surface area contributed by atoms with Gasteiger partial charge in [-0.15, -0.1) is 22.9 Å². The molecule has 0 fully saturated rings. The minimum atomic E-state index is 0.0832. The Balaban J connectivity index is 2.24. The molecule has 0 N–H and O–H groups in total. The summed E-state index contributed by atoms with van der Waals surface area (Å²) in [5, 5.41) is 2.18. The summed E-state index contributed by atoms with van der Waals surface area (Å²) in [4.78, 5) is 1.35. The van der Waals surface area contributed by atoms with Gasteiger partial charge in [0.05, 0.1) is 5.38 Å². The smallest absolute Gasteiger partial charge is 0.0638 e. The SMILES string of the molecule is Cc1cccc(C)c1C(Cl)Cc1cccs1. The summed E-state index contributed by atoms with van der Waals surface area (Å²) in [6.45, 7) is 4.26. The topological polar surface area (TPSA) is 0 Å². The molecule has 84 valence electrons. The normalized spacial score (nSPS) is 12.7. The van der Waals surface area contributed by atoms with Gasteiger partial charge in [-0.3, -0.25) is 0 Å². The molecule has 1 heterocycles. The van der Waals surface area contributed by atoms with Crippen LogP contribution in [0, 0.1) is 13.8 Å². The second kappa shape index (κ2) is 5.03. The molecule has 16 heavy (non-hydrogen) atoms. The minimum absolute atomic E-state index is 0.0832. The summed E-state index contributed by atoms with van der Waals surface area (Å²) in [7, 11) is 0. The number of rotatable bonds is 3. The van der Waals surface area contributed by atoms with Crippen molar-refractivity contribution >= 4 is 22.9 Å². The molecule has 2 heteroatoms. The lowest BCUT2D eigenvalue weighted by Crippen LogP contribution is -2.00. The van der Waals surface area contributed by atoms with Gasteiger partial charge in [-0.25, -0.2) is 0 Å². The Morgan fingerprint density at radius 2 is 1.81 bits per heavy atom. The van der Waals surface area contributed by atoms with Gasteiger partial charge in [0, 0.05) is 11.3 Å². The van der Waals surface area contributed by atoms with Gasteiger partial charge < -0.3 is 0 Å². The Hall–Kier alpha value is -0.790. The maximum atomic E-state index is 6.51. The minimum Gasteiger partial charge on any atom is -0.149 e. The van der Waals surface area contributed by atoms with E-state index >= 15 is 0 Å². The number of halogens is 1. The maximum Gasteiger partial charge on any atom is 0.0638 e. The molecule has 2 rings (SSSR count). The van der Waals surface area contributed by atoms with Crippen LogP contribution >= 0.6 is 22.9 Å².